The van der Waals surface area contributed by atoms with Crippen molar-refractivity contribution in [3.05, 3.63) is 0 Å². The molecule has 0 heterocycles. The summed E-state index contributed by atoms with van der Waals surface area (Å²) in [4.78, 5) is 55.7. The van der Waals surface area contributed by atoms with Crippen molar-refractivity contribution in [3.8, 4) is 0 Å². The van der Waals surface area contributed by atoms with Gasteiger partial charge < -0.3 is 0 Å². The van der Waals surface area contributed by atoms with Crippen molar-refractivity contribution in [1.82, 2.24) is 0 Å². The molecule has 0 rings (SSSR count). The van der Waals surface area contributed by atoms with Crippen LogP contribution in [0, 0.1) is 23.7 Å². The zero-order valence-electron chi connectivity index (χ0n) is 16.5. The average molecular weight is 370 g/mol. The third kappa shape index (κ3) is 11.4. The predicted molar refractivity (Wildman–Crippen MR) is 93.5 cm³/mol. The summed E-state index contributed by atoms with van der Waals surface area (Å²) in [6.45, 7) is 10.8. The Morgan fingerprint density at radius 3 is 1.19 bits per heavy atom. The predicted octanol–water partition coefficient (Wildman–Crippen LogP) is 3.64. The minimum absolute atomic E-state index is 0.0345. The molecule has 8 nitrogen and oxygen atoms in total. The highest BCUT2D eigenvalue weighted by molar-refractivity contribution is 5.84. The van der Waals surface area contributed by atoms with Crippen molar-refractivity contribution in [2.75, 3.05) is 0 Å². The van der Waals surface area contributed by atoms with Crippen LogP contribution in [0.15, 0.2) is 10.6 Å². The number of ketones is 2. The van der Waals surface area contributed by atoms with Gasteiger partial charge in [0.05, 0.1) is 22.4 Å². The Morgan fingerprint density at radius 2 is 0.923 bits per heavy atom. The average Bonchev–Trinajstić information content (AvgIpc) is 2.48. The summed E-state index contributed by atoms with van der Waals surface area (Å²) in [5.74, 6) is -2.42. The second kappa shape index (κ2) is 12.3. The molecule has 148 valence electrons. The maximum absolute atomic E-state index is 11.7. The molecule has 0 aliphatic heterocycles. The van der Waals surface area contributed by atoms with E-state index in [1.807, 2.05) is 27.7 Å². The van der Waals surface area contributed by atoms with Gasteiger partial charge in [0, 0.05) is 25.7 Å². The third-order valence-corrected chi connectivity index (χ3v) is 3.44. The van der Waals surface area contributed by atoms with E-state index in [0.29, 0.717) is 12.8 Å². The molecule has 0 radical (unpaired) electrons. The third-order valence-electron chi connectivity index (χ3n) is 3.44. The molecule has 0 bridgehead atoms. The molecule has 0 aromatic carbocycles. The van der Waals surface area contributed by atoms with Crippen LogP contribution >= 0.6 is 0 Å². The van der Waals surface area contributed by atoms with Gasteiger partial charge in [-0.25, -0.2) is 9.59 Å². The van der Waals surface area contributed by atoms with Crippen molar-refractivity contribution >= 4 is 23.5 Å². The van der Waals surface area contributed by atoms with Gasteiger partial charge in [-0.3, -0.25) is 19.3 Å². The summed E-state index contributed by atoms with van der Waals surface area (Å²) in [6, 6.07) is 0. The Labute approximate surface area is 154 Å². The molecule has 0 aromatic rings. The lowest BCUT2D eigenvalue weighted by Gasteiger charge is -2.08. The lowest BCUT2D eigenvalue weighted by Crippen LogP contribution is -2.18. The van der Waals surface area contributed by atoms with E-state index < -0.39 is 23.8 Å². The number of carbonyl (C=O) groups is 4. The zero-order valence-corrected chi connectivity index (χ0v) is 16.5. The lowest BCUT2D eigenvalue weighted by atomic mass is 9.99. The number of hydrogen-bond donors (Lipinski definition) is 0. The van der Waals surface area contributed by atoms with E-state index in [-0.39, 0.29) is 36.2 Å². The number of rotatable bonds is 12. The highest BCUT2D eigenvalue weighted by Crippen LogP contribution is 2.12. The molecule has 0 aliphatic carbocycles. The van der Waals surface area contributed by atoms with Crippen LogP contribution in [-0.4, -0.2) is 23.5 Å². The molecule has 0 spiro atoms. The smallest absolute Gasteiger partial charge is 0.300 e. The first-order chi connectivity index (χ1) is 12.0. The monoisotopic (exact) mass is 370 g/mol. The summed E-state index contributed by atoms with van der Waals surface area (Å²) in [5.41, 5.74) is 0. The lowest BCUT2D eigenvalue weighted by molar-refractivity contribution is -0.158. The minimum atomic E-state index is -0.734. The molecule has 0 saturated carbocycles. The summed E-state index contributed by atoms with van der Waals surface area (Å²) >= 11 is 0. The van der Waals surface area contributed by atoms with Crippen molar-refractivity contribution < 1.29 is 28.9 Å². The zero-order chi connectivity index (χ0) is 20.3. The molecular weight excluding hydrogens is 340 g/mol. The van der Waals surface area contributed by atoms with Crippen molar-refractivity contribution in [3.63, 3.8) is 0 Å². The first-order valence-corrected chi connectivity index (χ1v) is 8.88. The highest BCUT2D eigenvalue weighted by atomic mass is 16.8. The molecule has 0 aromatic heterocycles. The molecule has 0 fully saturated rings. The van der Waals surface area contributed by atoms with Crippen LogP contribution in [0.3, 0.4) is 0 Å². The van der Waals surface area contributed by atoms with Crippen LogP contribution in [-0.2, 0) is 28.9 Å². The van der Waals surface area contributed by atoms with E-state index in [2.05, 4.69) is 20.2 Å². The Balaban J connectivity index is 4.20. The van der Waals surface area contributed by atoms with Gasteiger partial charge in [-0.15, -0.1) is 0 Å². The maximum Gasteiger partial charge on any atom is 0.340 e. The van der Waals surface area contributed by atoms with Crippen LogP contribution in [0.1, 0.15) is 67.2 Å². The van der Waals surface area contributed by atoms with E-state index >= 15 is 0 Å². The SMILES string of the molecule is CC(C)CC(=O)CC(C)C(=O)ON=NOC(=O)C(C)CC(=O)CC(C)C. The van der Waals surface area contributed by atoms with Gasteiger partial charge in [-0.2, -0.15) is 0 Å². The second-order valence-electron chi connectivity index (χ2n) is 7.47. The second-order valence-corrected chi connectivity index (χ2v) is 7.47. The molecule has 0 aliphatic rings. The summed E-state index contributed by atoms with van der Waals surface area (Å²) in [5, 5.41) is 6.09. The largest absolute Gasteiger partial charge is 0.340 e. The Hall–Kier alpha value is -2.12. The normalized spacial score (nSPS) is 13.7. The Morgan fingerprint density at radius 1 is 0.615 bits per heavy atom. The molecule has 8 heteroatoms. The number of Topliss-reactive ketones (excluding diaryl/α,β-unsaturated/α-hetero) is 2. The minimum Gasteiger partial charge on any atom is -0.300 e. The van der Waals surface area contributed by atoms with Gasteiger partial charge in [0.15, 0.2) is 0 Å². The number of hydrogen-bond acceptors (Lipinski definition) is 8. The fourth-order valence-electron chi connectivity index (χ4n) is 2.22. The van der Waals surface area contributed by atoms with E-state index in [0.717, 1.165) is 0 Å². The van der Waals surface area contributed by atoms with E-state index in [1.165, 1.54) is 0 Å². The van der Waals surface area contributed by atoms with Crippen LogP contribution in [0.2, 0.25) is 0 Å². The molecular formula is C18H30N2O6. The topological polar surface area (TPSA) is 111 Å². The van der Waals surface area contributed by atoms with Gasteiger partial charge in [-0.1, -0.05) is 41.5 Å². The van der Waals surface area contributed by atoms with Gasteiger partial charge >= 0.3 is 11.9 Å². The number of nitrogens with zero attached hydrogens (tertiary/aromatic N) is 2. The van der Waals surface area contributed by atoms with Crippen LogP contribution in [0.25, 0.3) is 0 Å². The Bertz CT molecular complexity index is 482. The molecule has 26 heavy (non-hydrogen) atoms. The molecule has 0 amide bonds. The van der Waals surface area contributed by atoms with Crippen molar-refractivity contribution in [2.24, 2.45) is 34.2 Å². The van der Waals surface area contributed by atoms with Gasteiger partial charge in [0.25, 0.3) is 0 Å². The fraction of sp³-hybridized carbons (Fsp3) is 0.778. The molecule has 0 N–H and O–H groups in total. The van der Waals surface area contributed by atoms with Gasteiger partial charge in [-0.05, 0) is 11.8 Å². The molecule has 2 atom stereocenters. The number of carbonyl (C=O) groups excluding carboxylic acids is 4. The van der Waals surface area contributed by atoms with Crippen LogP contribution in [0.4, 0.5) is 0 Å². The molecule has 2 unspecified atom stereocenters. The highest BCUT2D eigenvalue weighted by Gasteiger charge is 2.21. The van der Waals surface area contributed by atoms with Crippen molar-refractivity contribution in [1.29, 1.82) is 0 Å². The fourth-order valence-corrected chi connectivity index (χ4v) is 2.22. The standard InChI is InChI=1S/C18H30N2O6/c1-11(2)7-15(21)9-13(5)17(23)25-19-20-26-18(24)14(6)10-16(22)8-12(3)4/h11-14H,7-10H2,1-6H3. The van der Waals surface area contributed by atoms with E-state index in [4.69, 9.17) is 0 Å². The van der Waals surface area contributed by atoms with Gasteiger partial charge in [0.2, 0.25) is 0 Å². The van der Waals surface area contributed by atoms with Crippen molar-refractivity contribution in [2.45, 2.75) is 67.2 Å². The summed E-state index contributed by atoms with van der Waals surface area (Å²) in [7, 11) is 0. The molecule has 0 saturated heterocycles. The quantitative estimate of drug-likeness (QED) is 0.383. The van der Waals surface area contributed by atoms with Crippen LogP contribution in [0.5, 0.6) is 0 Å². The van der Waals surface area contributed by atoms with Crippen LogP contribution < -0.4 is 0 Å². The Kier molecular flexibility index (Phi) is 11.3. The van der Waals surface area contributed by atoms with E-state index in [9.17, 15) is 19.2 Å². The maximum atomic E-state index is 11.7. The van der Waals surface area contributed by atoms with Gasteiger partial charge in [0.1, 0.15) is 11.6 Å². The first-order valence-electron chi connectivity index (χ1n) is 8.88. The first kappa shape index (κ1) is 23.9. The van der Waals surface area contributed by atoms with E-state index in [1.54, 1.807) is 13.8 Å². The summed E-state index contributed by atoms with van der Waals surface area (Å²) < 4.78 is 0. The summed E-state index contributed by atoms with van der Waals surface area (Å²) in [6.07, 6.45) is 0.900.